The third-order valence-electron chi connectivity index (χ3n) is 0. The van der Waals surface area contributed by atoms with Crippen molar-refractivity contribution in [3.8, 4) is 0 Å². The third kappa shape index (κ3) is 4600. The molecule has 0 saturated heterocycles. The number of carbonyl (C=O) groups excluding carboxylic acids is 2. The Morgan fingerprint density at radius 1 is 0.800 bits per heavy atom. The van der Waals surface area contributed by atoms with E-state index in [-0.39, 0.29) is 11.6 Å². The molecule has 0 saturated carbocycles. The summed E-state index contributed by atoms with van der Waals surface area (Å²) >= 11 is 1.06. The number of hydrogen-bond donors (Lipinski definition) is 0. The zero-order valence-corrected chi connectivity index (χ0v) is 8.07. The molecule has 0 aliphatic heterocycles. The van der Waals surface area contributed by atoms with Crippen molar-refractivity contribution in [2.75, 3.05) is 0 Å². The average molecular weight is 183 g/mol. The summed E-state index contributed by atoms with van der Waals surface area (Å²) in [7, 11) is 0. The van der Waals surface area contributed by atoms with Gasteiger partial charge in [-0.15, -0.1) is 0 Å². The van der Waals surface area contributed by atoms with E-state index in [1.165, 1.54) is 27.7 Å². The molecule has 0 fully saturated rings. The van der Waals surface area contributed by atoms with Gasteiger partial charge in [-0.3, -0.25) is 0 Å². The van der Waals surface area contributed by atoms with Crippen LogP contribution in [-0.4, -0.2) is 11.6 Å². The van der Waals surface area contributed by atoms with Crippen LogP contribution in [0, 0.1) is 0 Å². The summed E-state index contributed by atoms with van der Waals surface area (Å²) in [5.74, 6) is 0.333. The number of Topliss-reactive ketones (excluding diaryl/α,β-unsaturated/α-hetero) is 2. The van der Waals surface area contributed by atoms with E-state index < -0.39 is 0 Å². The molecular weight excluding hydrogens is 171 g/mol. The van der Waals surface area contributed by atoms with Crippen LogP contribution < -0.4 is 0 Å². The fourth-order valence-electron chi connectivity index (χ4n) is 0. The molecule has 0 N–H and O–H groups in total. The zero-order chi connectivity index (χ0) is 9.15. The van der Waals surface area contributed by atoms with Crippen LogP contribution in [0.5, 0.6) is 0 Å². The summed E-state index contributed by atoms with van der Waals surface area (Å²) in [6.07, 6.45) is 0. The summed E-state index contributed by atoms with van der Waals surface area (Å²) in [6.45, 7) is 6.11. The molecule has 0 rings (SSSR count). The Kier molecular flexibility index (Phi) is 26.0. The van der Waals surface area contributed by atoms with Crippen LogP contribution in [0.2, 0.25) is 0 Å². The van der Waals surface area contributed by atoms with Crippen molar-refractivity contribution in [1.82, 2.24) is 0 Å². The molecule has 0 spiro atoms. The maximum atomic E-state index is 9.44. The predicted molar refractivity (Wildman–Crippen MR) is 33.4 cm³/mol. The van der Waals surface area contributed by atoms with Gasteiger partial charge >= 0.3 is 21.0 Å². The second kappa shape index (κ2) is 15.9. The molecule has 10 heavy (non-hydrogen) atoms. The van der Waals surface area contributed by atoms with E-state index in [4.69, 9.17) is 3.67 Å². The standard InChI is InChI=1S/2C3H6O.O.V/c2*1-3(2)4;;/h2*1-2H3;;. The van der Waals surface area contributed by atoms with Gasteiger partial charge in [0.2, 0.25) is 0 Å². The predicted octanol–water partition coefficient (Wildman–Crippen LogP) is 1.07. The van der Waals surface area contributed by atoms with E-state index in [9.17, 15) is 9.59 Å². The summed E-state index contributed by atoms with van der Waals surface area (Å²) in [5, 5.41) is 0. The monoisotopic (exact) mass is 183 g/mol. The molecule has 59 valence electrons. The maximum absolute atomic E-state index is 9.44. The summed E-state index contributed by atoms with van der Waals surface area (Å²) in [6, 6.07) is 0. The van der Waals surface area contributed by atoms with Gasteiger partial charge in [-0.1, -0.05) is 0 Å². The minimum atomic E-state index is 0.167. The molecule has 3 nitrogen and oxygen atoms in total. The van der Waals surface area contributed by atoms with Crippen LogP contribution in [0.25, 0.3) is 0 Å². The first-order valence-corrected chi connectivity index (χ1v) is 3.16. The number of carbonyl (C=O) groups is 2. The van der Waals surface area contributed by atoms with Gasteiger partial charge in [-0.05, 0) is 27.7 Å². The topological polar surface area (TPSA) is 51.2 Å². The van der Waals surface area contributed by atoms with Crippen LogP contribution in [0.15, 0.2) is 0 Å². The molecule has 0 aliphatic rings. The molecule has 4 heteroatoms. The molecule has 0 unspecified atom stereocenters. The van der Waals surface area contributed by atoms with Crippen molar-refractivity contribution in [1.29, 1.82) is 0 Å². The molecule has 0 bridgehead atoms. The van der Waals surface area contributed by atoms with Crippen molar-refractivity contribution in [2.45, 2.75) is 27.7 Å². The van der Waals surface area contributed by atoms with Crippen molar-refractivity contribution in [3.63, 3.8) is 0 Å². The van der Waals surface area contributed by atoms with Crippen molar-refractivity contribution < 1.29 is 30.6 Å². The van der Waals surface area contributed by atoms with Gasteiger partial charge in [-0.25, -0.2) is 0 Å². The summed E-state index contributed by atoms with van der Waals surface area (Å²) < 4.78 is 8.19. The van der Waals surface area contributed by atoms with Gasteiger partial charge in [0.15, 0.2) is 0 Å². The number of ketones is 2. The van der Waals surface area contributed by atoms with E-state index in [1.807, 2.05) is 0 Å². The molecular formula is C6H12O3V. The molecule has 0 amide bonds. The quantitative estimate of drug-likeness (QED) is 0.564. The van der Waals surface area contributed by atoms with Crippen LogP contribution in [0.3, 0.4) is 0 Å². The minimum absolute atomic E-state index is 0.167. The third-order valence-corrected chi connectivity index (χ3v) is 0. The molecule has 0 atom stereocenters. The molecule has 0 heterocycles. The van der Waals surface area contributed by atoms with E-state index in [2.05, 4.69) is 0 Å². The Labute approximate surface area is 70.4 Å². The second-order valence-electron chi connectivity index (χ2n) is 1.82. The van der Waals surface area contributed by atoms with Gasteiger partial charge in [-0.2, -0.15) is 0 Å². The zero-order valence-electron chi connectivity index (χ0n) is 6.67. The van der Waals surface area contributed by atoms with Gasteiger partial charge in [0.1, 0.15) is 11.6 Å². The first kappa shape index (κ1) is 16.4. The van der Waals surface area contributed by atoms with E-state index >= 15 is 0 Å². The van der Waals surface area contributed by atoms with Gasteiger partial charge in [0, 0.05) is 0 Å². The molecule has 0 aromatic carbocycles. The molecule has 0 aliphatic carbocycles. The second-order valence-corrected chi connectivity index (χ2v) is 1.82. The number of rotatable bonds is 0. The van der Waals surface area contributed by atoms with E-state index in [0.717, 1.165) is 17.4 Å². The van der Waals surface area contributed by atoms with E-state index in [1.54, 1.807) is 0 Å². The first-order chi connectivity index (χ1) is 4.46. The van der Waals surface area contributed by atoms with Gasteiger partial charge in [0.05, 0.1) is 0 Å². The normalized spacial score (nSPS) is 5.50. The first-order valence-electron chi connectivity index (χ1n) is 2.59. The van der Waals surface area contributed by atoms with Crippen molar-refractivity contribution in [3.05, 3.63) is 0 Å². The molecule has 0 radical (unpaired) electrons. The van der Waals surface area contributed by atoms with Crippen LogP contribution >= 0.6 is 0 Å². The fraction of sp³-hybridized carbons (Fsp3) is 0.667. The van der Waals surface area contributed by atoms with E-state index in [0.29, 0.717) is 0 Å². The van der Waals surface area contributed by atoms with Crippen LogP contribution in [0.4, 0.5) is 0 Å². The van der Waals surface area contributed by atoms with Crippen molar-refractivity contribution in [2.24, 2.45) is 0 Å². The summed E-state index contributed by atoms with van der Waals surface area (Å²) in [4.78, 5) is 18.9. The molecule has 0 aromatic heterocycles. The fourth-order valence-corrected chi connectivity index (χ4v) is 0. The Morgan fingerprint density at radius 3 is 0.800 bits per heavy atom. The molecule has 0 aromatic rings. The Hall–Kier alpha value is -0.276. The van der Waals surface area contributed by atoms with Crippen LogP contribution in [0.1, 0.15) is 27.7 Å². The average Bonchev–Trinajstić information content (AvgIpc) is 1.66. The summed E-state index contributed by atoms with van der Waals surface area (Å²) in [5.41, 5.74) is 0. The SMILES string of the molecule is CC(C)=O.CC(C)=O.[O]=[V]. The van der Waals surface area contributed by atoms with Crippen LogP contribution in [-0.2, 0) is 30.6 Å². The van der Waals surface area contributed by atoms with Gasteiger partial charge < -0.3 is 9.59 Å². The van der Waals surface area contributed by atoms with Gasteiger partial charge in [0.25, 0.3) is 0 Å². The Morgan fingerprint density at radius 2 is 0.800 bits per heavy atom. The number of hydrogen-bond acceptors (Lipinski definition) is 3. The Balaban J connectivity index is -0.0000000787. The Bertz CT molecular complexity index is 81.2. The van der Waals surface area contributed by atoms with Crippen molar-refractivity contribution >= 4 is 11.6 Å².